The lowest BCUT2D eigenvalue weighted by Crippen LogP contribution is -2.37. The van der Waals surface area contributed by atoms with Crippen molar-refractivity contribution < 1.29 is 26.7 Å². The second-order valence-electron chi connectivity index (χ2n) is 2.53. The van der Waals surface area contributed by atoms with Crippen LogP contribution in [0, 0.1) is 0 Å². The fourth-order valence-electron chi connectivity index (χ4n) is 0.599. The van der Waals surface area contributed by atoms with E-state index in [0.29, 0.717) is 12.2 Å². The van der Waals surface area contributed by atoms with Crippen molar-refractivity contribution in [2.45, 2.75) is 11.9 Å². The van der Waals surface area contributed by atoms with Gasteiger partial charge < -0.3 is 5.11 Å². The molecule has 0 spiro atoms. The van der Waals surface area contributed by atoms with Crippen LogP contribution in [0.25, 0.3) is 0 Å². The molecule has 0 rings (SSSR count). The fraction of sp³-hybridized carbons (Fsp3) is 1.00. The molecule has 0 aliphatic carbocycles. The predicted octanol–water partition coefficient (Wildman–Crippen LogP) is 0.541. The van der Waals surface area contributed by atoms with E-state index in [-0.39, 0.29) is 18.9 Å². The number of nitrogens with one attached hydrogen (secondary N) is 1. The molecule has 9 heteroatoms. The van der Waals surface area contributed by atoms with Gasteiger partial charge in [0.2, 0.25) is 0 Å². The van der Waals surface area contributed by atoms with E-state index in [1.807, 2.05) is 0 Å². The van der Waals surface area contributed by atoms with E-state index in [0.717, 1.165) is 0 Å². The Labute approximate surface area is 90.3 Å². The molecular formula is C6H12F3NO3S2. The topological polar surface area (TPSA) is 66.4 Å². The normalized spacial score (nSPS) is 13.1. The zero-order valence-electron chi connectivity index (χ0n) is 7.75. The first kappa shape index (κ1) is 15.0. The minimum Gasteiger partial charge on any atom is -0.396 e. The maximum absolute atomic E-state index is 11.8. The molecule has 0 atom stereocenters. The molecule has 0 saturated carbocycles. The highest BCUT2D eigenvalue weighted by Gasteiger charge is 2.45. The van der Waals surface area contributed by atoms with Gasteiger partial charge in [-0.15, -0.1) is 0 Å². The molecule has 0 unspecified atom stereocenters. The highest BCUT2D eigenvalue weighted by atomic mass is 32.2. The third-order valence-corrected chi connectivity index (χ3v) is 3.55. The Morgan fingerprint density at radius 3 is 2.33 bits per heavy atom. The van der Waals surface area contributed by atoms with Crippen LogP contribution in [0.2, 0.25) is 0 Å². The van der Waals surface area contributed by atoms with Gasteiger partial charge in [-0.3, -0.25) is 0 Å². The number of hydrogen-bond donors (Lipinski definition) is 2. The molecule has 0 amide bonds. The second kappa shape index (κ2) is 6.56. The number of hydrogen-bond acceptors (Lipinski definition) is 4. The molecule has 0 aliphatic rings. The summed E-state index contributed by atoms with van der Waals surface area (Å²) in [6.45, 7) is -0.251. The minimum atomic E-state index is -5.25. The maximum atomic E-state index is 11.8. The highest BCUT2D eigenvalue weighted by Crippen LogP contribution is 2.21. The molecule has 0 saturated heterocycles. The van der Waals surface area contributed by atoms with Crippen LogP contribution in [0.4, 0.5) is 13.2 Å². The van der Waals surface area contributed by atoms with Crippen LogP contribution in [-0.2, 0) is 10.0 Å². The molecular weight excluding hydrogens is 255 g/mol. The summed E-state index contributed by atoms with van der Waals surface area (Å²) in [5.74, 6) is 0.833. The number of sulfonamides is 1. The van der Waals surface area contributed by atoms with E-state index in [4.69, 9.17) is 5.11 Å². The van der Waals surface area contributed by atoms with Crippen molar-refractivity contribution in [2.24, 2.45) is 0 Å². The highest BCUT2D eigenvalue weighted by molar-refractivity contribution is 7.99. The smallest absolute Gasteiger partial charge is 0.396 e. The summed E-state index contributed by atoms with van der Waals surface area (Å²) in [6.07, 6.45) is 0.538. The quantitative estimate of drug-likeness (QED) is 0.661. The number of halogens is 3. The molecule has 15 heavy (non-hydrogen) atoms. The van der Waals surface area contributed by atoms with Gasteiger partial charge in [0.25, 0.3) is 0 Å². The van der Waals surface area contributed by atoms with Crippen molar-refractivity contribution in [1.82, 2.24) is 4.72 Å². The number of rotatable bonds is 7. The molecule has 4 nitrogen and oxygen atoms in total. The Hall–Kier alpha value is 0.01000. The molecule has 0 heterocycles. The minimum absolute atomic E-state index is 0.0152. The molecule has 0 aliphatic heterocycles. The van der Waals surface area contributed by atoms with E-state index < -0.39 is 15.5 Å². The molecule has 0 aromatic rings. The van der Waals surface area contributed by atoms with E-state index in [9.17, 15) is 21.6 Å². The van der Waals surface area contributed by atoms with Gasteiger partial charge in [0.1, 0.15) is 0 Å². The Morgan fingerprint density at radius 2 is 1.87 bits per heavy atom. The number of thioether (sulfide) groups is 1. The first-order valence-corrected chi connectivity index (χ1v) is 6.69. The molecule has 0 radical (unpaired) electrons. The third kappa shape index (κ3) is 6.23. The van der Waals surface area contributed by atoms with Crippen LogP contribution in [-0.4, -0.2) is 43.7 Å². The summed E-state index contributed by atoms with van der Waals surface area (Å²) in [5.41, 5.74) is -5.25. The number of aliphatic hydroxyl groups excluding tert-OH is 1. The summed E-state index contributed by atoms with van der Waals surface area (Å²) in [6, 6.07) is 0. The Balaban J connectivity index is 3.69. The molecule has 92 valence electrons. The Morgan fingerprint density at radius 1 is 1.27 bits per heavy atom. The van der Waals surface area contributed by atoms with Crippen molar-refractivity contribution in [3.63, 3.8) is 0 Å². The van der Waals surface area contributed by atoms with Crippen molar-refractivity contribution in [2.75, 3.05) is 24.7 Å². The van der Waals surface area contributed by atoms with Gasteiger partial charge in [0, 0.05) is 18.9 Å². The maximum Gasteiger partial charge on any atom is 0.511 e. The monoisotopic (exact) mass is 267 g/mol. The van der Waals surface area contributed by atoms with Crippen molar-refractivity contribution in [3.8, 4) is 0 Å². The van der Waals surface area contributed by atoms with Gasteiger partial charge in [0.15, 0.2) is 0 Å². The Bertz CT molecular complexity index is 265. The van der Waals surface area contributed by atoms with Crippen LogP contribution >= 0.6 is 11.8 Å². The van der Waals surface area contributed by atoms with Crippen molar-refractivity contribution in [1.29, 1.82) is 0 Å². The van der Waals surface area contributed by atoms with Crippen LogP contribution < -0.4 is 4.72 Å². The van der Waals surface area contributed by atoms with E-state index in [1.165, 1.54) is 16.5 Å². The molecule has 0 aromatic heterocycles. The average molecular weight is 267 g/mol. The van der Waals surface area contributed by atoms with E-state index in [1.54, 1.807) is 0 Å². The largest absolute Gasteiger partial charge is 0.511 e. The van der Waals surface area contributed by atoms with Gasteiger partial charge in [-0.05, 0) is 12.2 Å². The van der Waals surface area contributed by atoms with Crippen LogP contribution in [0.15, 0.2) is 0 Å². The average Bonchev–Trinajstić information content (AvgIpc) is 2.09. The van der Waals surface area contributed by atoms with Crippen molar-refractivity contribution >= 4 is 21.8 Å². The lowest BCUT2D eigenvalue weighted by Gasteiger charge is -2.08. The first-order chi connectivity index (χ1) is 6.81. The second-order valence-corrected chi connectivity index (χ2v) is 5.52. The zero-order chi connectivity index (χ0) is 11.9. The summed E-state index contributed by atoms with van der Waals surface area (Å²) in [4.78, 5) is 0. The predicted molar refractivity (Wildman–Crippen MR) is 52.0 cm³/mol. The molecule has 0 fully saturated rings. The lowest BCUT2D eigenvalue weighted by molar-refractivity contribution is -0.0447. The van der Waals surface area contributed by atoms with Crippen LogP contribution in [0.5, 0.6) is 0 Å². The number of alkyl halides is 3. The Kier molecular flexibility index (Phi) is 6.57. The summed E-state index contributed by atoms with van der Waals surface area (Å²) in [5, 5.41) is 8.39. The third-order valence-electron chi connectivity index (χ3n) is 1.29. The SMILES string of the molecule is O=S(=O)(NCCSCCCO)C(F)(F)F. The van der Waals surface area contributed by atoms with E-state index >= 15 is 0 Å². The van der Waals surface area contributed by atoms with Gasteiger partial charge in [-0.2, -0.15) is 24.9 Å². The van der Waals surface area contributed by atoms with Gasteiger partial charge >= 0.3 is 15.5 Å². The standard InChI is InChI=1S/C6H12F3NO3S2/c7-6(8,9)15(12,13)10-2-5-14-4-1-3-11/h10-11H,1-5H2. The zero-order valence-corrected chi connectivity index (χ0v) is 9.38. The summed E-state index contributed by atoms with van der Waals surface area (Å²) in [7, 11) is -5.20. The van der Waals surface area contributed by atoms with E-state index in [2.05, 4.69) is 0 Å². The number of aliphatic hydroxyl groups is 1. The molecule has 2 N–H and O–H groups in total. The molecule has 0 aromatic carbocycles. The molecule has 0 bridgehead atoms. The summed E-state index contributed by atoms with van der Waals surface area (Å²) >= 11 is 1.27. The lowest BCUT2D eigenvalue weighted by atomic mass is 10.5. The van der Waals surface area contributed by atoms with Crippen LogP contribution in [0.3, 0.4) is 0 Å². The van der Waals surface area contributed by atoms with Gasteiger partial charge in [-0.25, -0.2) is 13.1 Å². The fourth-order valence-corrected chi connectivity index (χ4v) is 2.05. The van der Waals surface area contributed by atoms with Gasteiger partial charge in [-0.1, -0.05) is 0 Å². The van der Waals surface area contributed by atoms with Crippen LogP contribution in [0.1, 0.15) is 6.42 Å². The van der Waals surface area contributed by atoms with Gasteiger partial charge in [0.05, 0.1) is 0 Å². The van der Waals surface area contributed by atoms with Crippen molar-refractivity contribution in [3.05, 3.63) is 0 Å². The summed E-state index contributed by atoms with van der Waals surface area (Å²) < 4.78 is 57.7. The first-order valence-electron chi connectivity index (χ1n) is 4.06.